The lowest BCUT2D eigenvalue weighted by atomic mass is 10.1. The third kappa shape index (κ3) is 3.18. The van der Waals surface area contributed by atoms with Crippen LogP contribution in [0.15, 0.2) is 54.6 Å². The number of rotatable bonds is 3. The Hall–Kier alpha value is -1.84. The third-order valence-corrected chi connectivity index (χ3v) is 3.40. The minimum absolute atomic E-state index is 0.268. The fraction of sp³-hybridized carbons (Fsp3) is 0.294. The summed E-state index contributed by atoms with van der Waals surface area (Å²) in [6.45, 7) is 3.65. The summed E-state index contributed by atoms with van der Waals surface area (Å²) in [5, 5.41) is 3.54. The largest absolute Gasteiger partial charge is 0.457 e. The SMILES string of the molecule is CC1COCC(c2ccc(Oc3ccccc3)cc2)N1. The molecule has 0 aliphatic carbocycles. The number of para-hydroxylation sites is 1. The normalized spacial score (nSPS) is 22.4. The molecule has 2 aromatic rings. The van der Waals surface area contributed by atoms with E-state index in [2.05, 4.69) is 24.4 Å². The van der Waals surface area contributed by atoms with Crippen molar-refractivity contribution in [3.63, 3.8) is 0 Å². The maximum atomic E-state index is 5.79. The van der Waals surface area contributed by atoms with E-state index in [1.54, 1.807) is 0 Å². The molecule has 1 heterocycles. The summed E-state index contributed by atoms with van der Waals surface area (Å²) in [4.78, 5) is 0. The van der Waals surface area contributed by atoms with Crippen LogP contribution >= 0.6 is 0 Å². The number of ether oxygens (including phenoxy) is 2. The molecule has 1 saturated heterocycles. The standard InChI is InChI=1S/C17H19NO2/c1-13-11-19-12-17(18-13)14-7-9-16(10-8-14)20-15-5-3-2-4-6-15/h2-10,13,17-18H,11-12H2,1H3. The second kappa shape index (κ2) is 6.07. The average molecular weight is 269 g/mol. The Morgan fingerprint density at radius 1 is 0.950 bits per heavy atom. The van der Waals surface area contributed by atoms with Crippen LogP contribution in [0.1, 0.15) is 18.5 Å². The first kappa shape index (κ1) is 13.2. The summed E-state index contributed by atoms with van der Waals surface area (Å²) in [6, 6.07) is 18.7. The van der Waals surface area contributed by atoms with E-state index in [0.717, 1.165) is 24.7 Å². The van der Waals surface area contributed by atoms with Crippen LogP contribution in [0.4, 0.5) is 0 Å². The van der Waals surface area contributed by atoms with E-state index in [9.17, 15) is 0 Å². The van der Waals surface area contributed by atoms with E-state index in [4.69, 9.17) is 9.47 Å². The summed E-state index contributed by atoms with van der Waals surface area (Å²) in [6.07, 6.45) is 0. The van der Waals surface area contributed by atoms with Crippen molar-refractivity contribution in [2.45, 2.75) is 19.0 Å². The van der Waals surface area contributed by atoms with Gasteiger partial charge in [-0.2, -0.15) is 0 Å². The molecule has 2 unspecified atom stereocenters. The quantitative estimate of drug-likeness (QED) is 0.924. The monoisotopic (exact) mass is 269 g/mol. The number of benzene rings is 2. The van der Waals surface area contributed by atoms with Gasteiger partial charge in [0.2, 0.25) is 0 Å². The van der Waals surface area contributed by atoms with Crippen LogP contribution in [0.5, 0.6) is 11.5 Å². The zero-order valence-corrected chi connectivity index (χ0v) is 11.6. The van der Waals surface area contributed by atoms with Gasteiger partial charge in [0.05, 0.1) is 19.3 Å². The van der Waals surface area contributed by atoms with Gasteiger partial charge >= 0.3 is 0 Å². The van der Waals surface area contributed by atoms with E-state index in [-0.39, 0.29) is 6.04 Å². The highest BCUT2D eigenvalue weighted by Gasteiger charge is 2.19. The average Bonchev–Trinajstić information content (AvgIpc) is 2.49. The van der Waals surface area contributed by atoms with Gasteiger partial charge in [0.1, 0.15) is 11.5 Å². The molecule has 0 bridgehead atoms. The Labute approximate surface area is 119 Å². The molecule has 1 aliphatic heterocycles. The molecule has 0 amide bonds. The lowest BCUT2D eigenvalue weighted by Gasteiger charge is -2.29. The number of nitrogens with one attached hydrogen (secondary N) is 1. The first-order valence-electron chi connectivity index (χ1n) is 6.98. The van der Waals surface area contributed by atoms with Crippen LogP contribution in [0, 0.1) is 0 Å². The van der Waals surface area contributed by atoms with E-state index in [0.29, 0.717) is 6.04 Å². The highest BCUT2D eigenvalue weighted by Crippen LogP contribution is 2.24. The Bertz CT molecular complexity index is 539. The van der Waals surface area contributed by atoms with Crippen LogP contribution in [0.25, 0.3) is 0 Å². The zero-order chi connectivity index (χ0) is 13.8. The molecule has 3 nitrogen and oxygen atoms in total. The summed E-state index contributed by atoms with van der Waals surface area (Å²) < 4.78 is 11.4. The predicted octanol–water partition coefficient (Wildman–Crippen LogP) is 3.53. The lowest BCUT2D eigenvalue weighted by Crippen LogP contribution is -2.41. The molecule has 0 radical (unpaired) electrons. The maximum absolute atomic E-state index is 5.79. The molecule has 2 aromatic carbocycles. The van der Waals surface area contributed by atoms with Crippen LogP contribution in [-0.2, 0) is 4.74 Å². The molecule has 1 aliphatic rings. The van der Waals surface area contributed by atoms with Gasteiger partial charge in [-0.1, -0.05) is 30.3 Å². The fourth-order valence-electron chi connectivity index (χ4n) is 2.39. The minimum Gasteiger partial charge on any atom is -0.457 e. The second-order valence-electron chi connectivity index (χ2n) is 5.14. The molecule has 1 fully saturated rings. The van der Waals surface area contributed by atoms with Crippen molar-refractivity contribution in [2.24, 2.45) is 0 Å². The molecule has 0 spiro atoms. The van der Waals surface area contributed by atoms with Crippen molar-refractivity contribution >= 4 is 0 Å². The van der Waals surface area contributed by atoms with Crippen LogP contribution < -0.4 is 10.1 Å². The molecule has 20 heavy (non-hydrogen) atoms. The first-order valence-corrected chi connectivity index (χ1v) is 6.98. The summed E-state index contributed by atoms with van der Waals surface area (Å²) in [7, 11) is 0. The highest BCUT2D eigenvalue weighted by molar-refractivity contribution is 5.34. The molecule has 2 atom stereocenters. The van der Waals surface area contributed by atoms with Crippen LogP contribution in [0.2, 0.25) is 0 Å². The van der Waals surface area contributed by atoms with Gasteiger partial charge in [0.15, 0.2) is 0 Å². The molecule has 3 rings (SSSR count). The minimum atomic E-state index is 0.268. The van der Waals surface area contributed by atoms with E-state index in [1.165, 1.54) is 5.56 Å². The van der Waals surface area contributed by atoms with Crippen LogP contribution in [0.3, 0.4) is 0 Å². The molecule has 3 heteroatoms. The number of hydrogen-bond acceptors (Lipinski definition) is 3. The fourth-order valence-corrected chi connectivity index (χ4v) is 2.39. The van der Waals surface area contributed by atoms with Crippen molar-refractivity contribution in [2.75, 3.05) is 13.2 Å². The molecular formula is C17H19NO2. The number of morpholine rings is 1. The second-order valence-corrected chi connectivity index (χ2v) is 5.14. The van der Waals surface area contributed by atoms with Crippen molar-refractivity contribution in [1.29, 1.82) is 0 Å². The molecule has 104 valence electrons. The summed E-state index contributed by atoms with van der Waals surface area (Å²) >= 11 is 0. The Morgan fingerprint density at radius 2 is 1.65 bits per heavy atom. The molecule has 1 N–H and O–H groups in total. The van der Waals surface area contributed by atoms with Gasteiger partial charge in [-0.25, -0.2) is 0 Å². The first-order chi connectivity index (χ1) is 9.81. The van der Waals surface area contributed by atoms with Gasteiger partial charge in [-0.15, -0.1) is 0 Å². The Kier molecular flexibility index (Phi) is 4.00. The smallest absolute Gasteiger partial charge is 0.127 e. The van der Waals surface area contributed by atoms with Gasteiger partial charge in [0, 0.05) is 6.04 Å². The number of hydrogen-bond donors (Lipinski definition) is 1. The van der Waals surface area contributed by atoms with Gasteiger partial charge in [-0.05, 0) is 36.8 Å². The van der Waals surface area contributed by atoms with E-state index < -0.39 is 0 Å². The lowest BCUT2D eigenvalue weighted by molar-refractivity contribution is 0.0504. The molecule has 0 aromatic heterocycles. The van der Waals surface area contributed by atoms with Gasteiger partial charge in [-0.3, -0.25) is 0 Å². The predicted molar refractivity (Wildman–Crippen MR) is 79.1 cm³/mol. The summed E-state index contributed by atoms with van der Waals surface area (Å²) in [5.74, 6) is 1.71. The van der Waals surface area contributed by atoms with Crippen molar-refractivity contribution < 1.29 is 9.47 Å². The van der Waals surface area contributed by atoms with E-state index in [1.807, 2.05) is 42.5 Å². The highest BCUT2D eigenvalue weighted by atomic mass is 16.5. The summed E-state index contributed by atoms with van der Waals surface area (Å²) in [5.41, 5.74) is 1.23. The van der Waals surface area contributed by atoms with Crippen molar-refractivity contribution in [3.8, 4) is 11.5 Å². The Morgan fingerprint density at radius 3 is 2.35 bits per heavy atom. The van der Waals surface area contributed by atoms with E-state index >= 15 is 0 Å². The third-order valence-electron chi connectivity index (χ3n) is 3.40. The zero-order valence-electron chi connectivity index (χ0n) is 11.6. The molecule has 0 saturated carbocycles. The van der Waals surface area contributed by atoms with Gasteiger partial charge < -0.3 is 14.8 Å². The van der Waals surface area contributed by atoms with Crippen LogP contribution in [-0.4, -0.2) is 19.3 Å². The maximum Gasteiger partial charge on any atom is 0.127 e. The van der Waals surface area contributed by atoms with Crippen molar-refractivity contribution in [1.82, 2.24) is 5.32 Å². The van der Waals surface area contributed by atoms with Crippen molar-refractivity contribution in [3.05, 3.63) is 60.2 Å². The van der Waals surface area contributed by atoms with Gasteiger partial charge in [0.25, 0.3) is 0 Å². The topological polar surface area (TPSA) is 30.5 Å². The Balaban J connectivity index is 1.68. The molecular weight excluding hydrogens is 250 g/mol.